The summed E-state index contributed by atoms with van der Waals surface area (Å²) in [7, 11) is 0. The second-order valence-electron chi connectivity index (χ2n) is 5.42. The van der Waals surface area contributed by atoms with Gasteiger partial charge >= 0.3 is 11.9 Å². The molecule has 4 heteroatoms. The van der Waals surface area contributed by atoms with Crippen molar-refractivity contribution in [1.82, 2.24) is 0 Å². The summed E-state index contributed by atoms with van der Waals surface area (Å²) in [5.74, 6) is -0.244. The fourth-order valence-electron chi connectivity index (χ4n) is 2.12. The largest absolute Gasteiger partial charge is 0.462 e. The summed E-state index contributed by atoms with van der Waals surface area (Å²) >= 11 is 0. The predicted octanol–water partition coefficient (Wildman–Crippen LogP) is 4.40. The molecule has 0 aromatic rings. The van der Waals surface area contributed by atoms with Crippen molar-refractivity contribution in [2.24, 2.45) is 0 Å². The average Bonchev–Trinajstić information content (AvgIpc) is 2.49. The quantitative estimate of drug-likeness (QED) is 0.396. The smallest absolute Gasteiger partial charge is 0.306 e. The highest BCUT2D eigenvalue weighted by Crippen LogP contribution is 2.10. The van der Waals surface area contributed by atoms with Crippen molar-refractivity contribution < 1.29 is 19.1 Å². The summed E-state index contributed by atoms with van der Waals surface area (Å²) in [5.41, 5.74) is 0. The van der Waals surface area contributed by atoms with E-state index in [2.05, 4.69) is 0 Å². The van der Waals surface area contributed by atoms with Crippen molar-refractivity contribution in [2.75, 3.05) is 0 Å². The molecule has 21 heavy (non-hydrogen) atoms. The molecule has 0 radical (unpaired) electrons. The van der Waals surface area contributed by atoms with Gasteiger partial charge in [0.2, 0.25) is 0 Å². The molecule has 124 valence electrons. The van der Waals surface area contributed by atoms with Gasteiger partial charge in [-0.15, -0.1) is 0 Å². The average molecular weight is 300 g/mol. The van der Waals surface area contributed by atoms with Crippen molar-refractivity contribution >= 4 is 11.9 Å². The Balaban J connectivity index is 3.63. The number of ether oxygens (including phenoxy) is 2. The van der Waals surface area contributed by atoms with E-state index in [-0.39, 0.29) is 24.1 Å². The van der Waals surface area contributed by atoms with E-state index in [0.717, 1.165) is 44.9 Å². The van der Waals surface area contributed by atoms with Crippen LogP contribution in [0.5, 0.6) is 0 Å². The van der Waals surface area contributed by atoms with Gasteiger partial charge in [0.1, 0.15) is 12.2 Å². The maximum atomic E-state index is 11.6. The molecule has 0 N–H and O–H groups in total. The van der Waals surface area contributed by atoms with E-state index >= 15 is 0 Å². The molecule has 0 aromatic heterocycles. The van der Waals surface area contributed by atoms with E-state index in [1.165, 1.54) is 0 Å². The van der Waals surface area contributed by atoms with E-state index < -0.39 is 0 Å². The van der Waals surface area contributed by atoms with Crippen LogP contribution in [0.2, 0.25) is 0 Å². The minimum absolute atomic E-state index is 0.0486. The maximum absolute atomic E-state index is 11.6. The number of carbonyl (C=O) groups is 2. The number of rotatable bonds is 12. The molecular weight excluding hydrogens is 268 g/mol. The third-order valence-corrected chi connectivity index (χ3v) is 3.68. The lowest BCUT2D eigenvalue weighted by atomic mass is 10.1. The van der Waals surface area contributed by atoms with Crippen LogP contribution in [0.15, 0.2) is 0 Å². The summed E-state index contributed by atoms with van der Waals surface area (Å²) in [4.78, 5) is 23.2. The molecule has 0 atom stereocenters. The highest BCUT2D eigenvalue weighted by molar-refractivity contribution is 5.70. The lowest BCUT2D eigenvalue weighted by Gasteiger charge is -2.14. The third kappa shape index (κ3) is 10.3. The first-order chi connectivity index (χ1) is 10.1. The molecule has 4 nitrogen and oxygen atoms in total. The normalized spacial score (nSPS) is 11.0. The van der Waals surface area contributed by atoms with E-state index in [0.29, 0.717) is 12.8 Å². The molecule has 0 rings (SSSR count). The summed E-state index contributed by atoms with van der Waals surface area (Å²) in [5, 5.41) is 0. The van der Waals surface area contributed by atoms with Gasteiger partial charge in [-0.25, -0.2) is 0 Å². The first-order valence-electron chi connectivity index (χ1n) is 8.46. The molecular formula is C17H32O4. The Morgan fingerprint density at radius 3 is 1.29 bits per heavy atom. The molecule has 0 bridgehead atoms. The molecule has 0 amide bonds. The first-order valence-corrected chi connectivity index (χ1v) is 8.46. The fraction of sp³-hybridized carbons (Fsp3) is 0.882. The highest BCUT2D eigenvalue weighted by Gasteiger charge is 2.12. The monoisotopic (exact) mass is 300 g/mol. The van der Waals surface area contributed by atoms with Crippen molar-refractivity contribution in [3.05, 3.63) is 0 Å². The predicted molar refractivity (Wildman–Crippen MR) is 84.0 cm³/mol. The van der Waals surface area contributed by atoms with Gasteiger partial charge in [-0.1, -0.05) is 34.1 Å². The van der Waals surface area contributed by atoms with Crippen LogP contribution in [0.25, 0.3) is 0 Å². The van der Waals surface area contributed by atoms with Crippen LogP contribution >= 0.6 is 0 Å². The van der Waals surface area contributed by atoms with Gasteiger partial charge in [-0.3, -0.25) is 9.59 Å². The standard InChI is InChI=1S/C17H32O4/c1-5-14(6-2)20-16(18)12-10-9-11-13-17(19)21-15(7-3)8-4/h14-15H,5-13H2,1-4H3. The van der Waals surface area contributed by atoms with Crippen molar-refractivity contribution in [2.45, 2.75) is 97.7 Å². The molecule has 0 fully saturated rings. The van der Waals surface area contributed by atoms with Gasteiger partial charge in [-0.2, -0.15) is 0 Å². The molecule has 0 aromatic carbocycles. The number of esters is 2. The third-order valence-electron chi connectivity index (χ3n) is 3.68. The van der Waals surface area contributed by atoms with Crippen LogP contribution in [0.3, 0.4) is 0 Å². The van der Waals surface area contributed by atoms with Gasteiger partial charge in [0.25, 0.3) is 0 Å². The van der Waals surface area contributed by atoms with Crippen molar-refractivity contribution in [3.8, 4) is 0 Å². The number of carbonyl (C=O) groups excluding carboxylic acids is 2. The molecule has 0 saturated heterocycles. The van der Waals surface area contributed by atoms with Crippen molar-refractivity contribution in [1.29, 1.82) is 0 Å². The van der Waals surface area contributed by atoms with E-state index in [4.69, 9.17) is 9.47 Å². The summed E-state index contributed by atoms with van der Waals surface area (Å²) in [6.07, 6.45) is 6.85. The fourth-order valence-corrected chi connectivity index (χ4v) is 2.12. The van der Waals surface area contributed by atoms with Crippen LogP contribution in [-0.2, 0) is 19.1 Å². The Labute approximate surface area is 129 Å². The van der Waals surface area contributed by atoms with Gasteiger partial charge < -0.3 is 9.47 Å². The minimum atomic E-state index is -0.122. The highest BCUT2D eigenvalue weighted by atomic mass is 16.5. The molecule has 0 aliphatic carbocycles. The SMILES string of the molecule is CCC(CC)OC(=O)CCCCCC(=O)OC(CC)CC. The van der Waals surface area contributed by atoms with E-state index in [1.54, 1.807) is 0 Å². The number of unbranched alkanes of at least 4 members (excludes halogenated alkanes) is 2. The van der Waals surface area contributed by atoms with E-state index in [1.807, 2.05) is 27.7 Å². The minimum Gasteiger partial charge on any atom is -0.462 e. The Morgan fingerprint density at radius 1 is 0.667 bits per heavy atom. The Hall–Kier alpha value is -1.06. The van der Waals surface area contributed by atoms with Crippen LogP contribution < -0.4 is 0 Å². The van der Waals surface area contributed by atoms with Crippen LogP contribution in [0.1, 0.15) is 85.5 Å². The van der Waals surface area contributed by atoms with Gasteiger partial charge in [0.15, 0.2) is 0 Å². The molecule has 0 heterocycles. The van der Waals surface area contributed by atoms with Gasteiger partial charge in [-0.05, 0) is 38.5 Å². The molecule has 0 spiro atoms. The second kappa shape index (κ2) is 12.7. The summed E-state index contributed by atoms with van der Waals surface area (Å²) in [6, 6.07) is 0. The number of hydrogen-bond acceptors (Lipinski definition) is 4. The molecule has 0 unspecified atom stereocenters. The van der Waals surface area contributed by atoms with Gasteiger partial charge in [0, 0.05) is 12.8 Å². The van der Waals surface area contributed by atoms with E-state index in [9.17, 15) is 9.59 Å². The lowest BCUT2D eigenvalue weighted by Crippen LogP contribution is -2.16. The zero-order chi connectivity index (χ0) is 16.1. The molecule has 0 saturated carbocycles. The first kappa shape index (κ1) is 19.9. The lowest BCUT2D eigenvalue weighted by molar-refractivity contribution is -0.149. The summed E-state index contributed by atoms with van der Waals surface area (Å²) < 4.78 is 10.7. The van der Waals surface area contributed by atoms with Crippen LogP contribution in [-0.4, -0.2) is 24.1 Å². The number of hydrogen-bond donors (Lipinski definition) is 0. The van der Waals surface area contributed by atoms with Crippen LogP contribution in [0.4, 0.5) is 0 Å². The maximum Gasteiger partial charge on any atom is 0.306 e. The van der Waals surface area contributed by atoms with Gasteiger partial charge in [0.05, 0.1) is 0 Å². The Bertz CT molecular complexity index is 253. The zero-order valence-electron chi connectivity index (χ0n) is 14.2. The zero-order valence-corrected chi connectivity index (χ0v) is 14.2. The van der Waals surface area contributed by atoms with Crippen LogP contribution in [0, 0.1) is 0 Å². The Kier molecular flexibility index (Phi) is 12.0. The topological polar surface area (TPSA) is 52.6 Å². The van der Waals surface area contributed by atoms with Crippen molar-refractivity contribution in [3.63, 3.8) is 0 Å². The molecule has 0 aliphatic rings. The second-order valence-corrected chi connectivity index (χ2v) is 5.42. The molecule has 0 aliphatic heterocycles. The Morgan fingerprint density at radius 2 is 1.00 bits per heavy atom. The summed E-state index contributed by atoms with van der Waals surface area (Å²) in [6.45, 7) is 8.08.